The predicted molar refractivity (Wildman–Crippen MR) is 57.3 cm³/mol. The molecule has 2 rings (SSSR count). The van der Waals surface area contributed by atoms with E-state index in [-0.39, 0.29) is 0 Å². The third-order valence-electron chi connectivity index (χ3n) is 3.64. The lowest BCUT2D eigenvalue weighted by Crippen LogP contribution is -2.15. The molecule has 74 valence electrons. The van der Waals surface area contributed by atoms with Crippen molar-refractivity contribution in [2.24, 2.45) is 16.8 Å². The monoisotopic (exact) mass is 179 g/mol. The summed E-state index contributed by atoms with van der Waals surface area (Å²) >= 11 is 0. The van der Waals surface area contributed by atoms with Gasteiger partial charge in [0.2, 0.25) is 0 Å². The average Bonchev–Trinajstić information content (AvgIpc) is 2.55. The predicted octanol–water partition coefficient (Wildman–Crippen LogP) is 3.44. The van der Waals surface area contributed by atoms with Crippen molar-refractivity contribution in [2.75, 3.05) is 6.54 Å². The second-order valence-corrected chi connectivity index (χ2v) is 4.61. The minimum atomic E-state index is 0.845. The van der Waals surface area contributed by atoms with E-state index in [1.54, 1.807) is 0 Å². The molecule has 1 fully saturated rings. The molecule has 0 aromatic heterocycles. The zero-order chi connectivity index (χ0) is 8.93. The molecule has 0 saturated heterocycles. The van der Waals surface area contributed by atoms with Crippen LogP contribution in [0.15, 0.2) is 4.99 Å². The fourth-order valence-electron chi connectivity index (χ4n) is 2.78. The van der Waals surface area contributed by atoms with Gasteiger partial charge in [-0.3, -0.25) is 4.99 Å². The SMILES string of the molecule is C1=NCCC1C1CCCCCCC1. The maximum atomic E-state index is 4.37. The Balaban J connectivity index is 1.84. The standard InChI is InChI=1S/C12H21N/c1-2-4-6-11(7-5-3-1)12-8-9-13-10-12/h10-12H,1-9H2. The lowest BCUT2D eigenvalue weighted by Gasteiger charge is -2.23. The van der Waals surface area contributed by atoms with E-state index in [0.29, 0.717) is 0 Å². The van der Waals surface area contributed by atoms with E-state index >= 15 is 0 Å². The quantitative estimate of drug-likeness (QED) is 0.584. The molecular weight excluding hydrogens is 158 g/mol. The number of hydrogen-bond donors (Lipinski definition) is 0. The Morgan fingerprint density at radius 3 is 2.15 bits per heavy atom. The van der Waals surface area contributed by atoms with Crippen molar-refractivity contribution >= 4 is 6.21 Å². The molecule has 1 heterocycles. The van der Waals surface area contributed by atoms with Gasteiger partial charge in [-0.15, -0.1) is 0 Å². The van der Waals surface area contributed by atoms with Crippen LogP contribution in [-0.4, -0.2) is 12.8 Å². The third kappa shape index (κ3) is 2.55. The van der Waals surface area contributed by atoms with E-state index in [1.165, 1.54) is 51.4 Å². The van der Waals surface area contributed by atoms with Crippen LogP contribution in [0.3, 0.4) is 0 Å². The number of nitrogens with zero attached hydrogens (tertiary/aromatic N) is 1. The molecule has 0 amide bonds. The first-order chi connectivity index (χ1) is 6.47. The molecule has 0 radical (unpaired) electrons. The van der Waals surface area contributed by atoms with Crippen LogP contribution < -0.4 is 0 Å². The molecule has 0 N–H and O–H groups in total. The van der Waals surface area contributed by atoms with E-state index in [4.69, 9.17) is 0 Å². The molecule has 1 saturated carbocycles. The number of hydrogen-bond acceptors (Lipinski definition) is 1. The number of aliphatic imine (C=N–C) groups is 1. The highest BCUT2D eigenvalue weighted by Crippen LogP contribution is 2.30. The van der Waals surface area contributed by atoms with Crippen molar-refractivity contribution in [1.82, 2.24) is 0 Å². The minimum absolute atomic E-state index is 0.845. The summed E-state index contributed by atoms with van der Waals surface area (Å²) in [6.07, 6.45) is 13.9. The molecule has 2 aliphatic rings. The second-order valence-electron chi connectivity index (χ2n) is 4.61. The zero-order valence-corrected chi connectivity index (χ0v) is 8.54. The normalized spacial score (nSPS) is 31.5. The lowest BCUT2D eigenvalue weighted by molar-refractivity contribution is 0.320. The van der Waals surface area contributed by atoms with E-state index < -0.39 is 0 Å². The van der Waals surface area contributed by atoms with Gasteiger partial charge in [0.25, 0.3) is 0 Å². The average molecular weight is 179 g/mol. The van der Waals surface area contributed by atoms with Crippen LogP contribution in [-0.2, 0) is 0 Å². The molecule has 0 aromatic carbocycles. The molecule has 1 heteroatoms. The summed E-state index contributed by atoms with van der Waals surface area (Å²) in [7, 11) is 0. The highest BCUT2D eigenvalue weighted by Gasteiger charge is 2.22. The first kappa shape index (κ1) is 9.23. The van der Waals surface area contributed by atoms with E-state index in [1.807, 2.05) is 0 Å². The number of rotatable bonds is 1. The molecule has 0 spiro atoms. The molecule has 0 bridgehead atoms. The third-order valence-corrected chi connectivity index (χ3v) is 3.64. The Labute approximate surface area is 81.6 Å². The first-order valence-electron chi connectivity index (χ1n) is 5.97. The highest BCUT2D eigenvalue weighted by molar-refractivity contribution is 5.63. The molecule has 13 heavy (non-hydrogen) atoms. The fraction of sp³-hybridized carbons (Fsp3) is 0.917. The van der Waals surface area contributed by atoms with Gasteiger partial charge < -0.3 is 0 Å². The van der Waals surface area contributed by atoms with Crippen molar-refractivity contribution in [3.63, 3.8) is 0 Å². The largest absolute Gasteiger partial charge is 0.297 e. The van der Waals surface area contributed by atoms with Crippen LogP contribution >= 0.6 is 0 Å². The van der Waals surface area contributed by atoms with Gasteiger partial charge in [0.1, 0.15) is 0 Å². The summed E-state index contributed by atoms with van der Waals surface area (Å²) in [5.41, 5.74) is 0. The molecule has 1 aliphatic carbocycles. The molecule has 1 nitrogen and oxygen atoms in total. The maximum Gasteiger partial charge on any atom is 0.0391 e. The van der Waals surface area contributed by atoms with Crippen molar-refractivity contribution in [1.29, 1.82) is 0 Å². The Hall–Kier alpha value is -0.330. The Morgan fingerprint density at radius 2 is 1.54 bits per heavy atom. The van der Waals surface area contributed by atoms with Crippen LogP contribution in [0.1, 0.15) is 51.4 Å². The van der Waals surface area contributed by atoms with Crippen molar-refractivity contribution in [3.05, 3.63) is 0 Å². The second kappa shape index (κ2) is 4.78. The summed E-state index contributed by atoms with van der Waals surface area (Å²) in [4.78, 5) is 4.37. The van der Waals surface area contributed by atoms with E-state index in [2.05, 4.69) is 11.2 Å². The summed E-state index contributed by atoms with van der Waals surface area (Å²) in [5.74, 6) is 1.82. The summed E-state index contributed by atoms with van der Waals surface area (Å²) in [6.45, 7) is 1.10. The van der Waals surface area contributed by atoms with Gasteiger partial charge >= 0.3 is 0 Å². The Kier molecular flexibility index (Phi) is 3.40. The van der Waals surface area contributed by atoms with Gasteiger partial charge in [-0.05, 0) is 31.1 Å². The zero-order valence-electron chi connectivity index (χ0n) is 8.54. The minimum Gasteiger partial charge on any atom is -0.297 e. The summed E-state index contributed by atoms with van der Waals surface area (Å²) in [6, 6.07) is 0. The van der Waals surface area contributed by atoms with Gasteiger partial charge in [0, 0.05) is 12.8 Å². The van der Waals surface area contributed by atoms with Crippen molar-refractivity contribution in [2.45, 2.75) is 51.4 Å². The van der Waals surface area contributed by atoms with Gasteiger partial charge in [0.15, 0.2) is 0 Å². The molecule has 1 aliphatic heterocycles. The lowest BCUT2D eigenvalue weighted by atomic mass is 9.82. The van der Waals surface area contributed by atoms with Crippen LogP contribution in [0.25, 0.3) is 0 Å². The van der Waals surface area contributed by atoms with Gasteiger partial charge in [-0.25, -0.2) is 0 Å². The maximum absolute atomic E-state index is 4.37. The van der Waals surface area contributed by atoms with Gasteiger partial charge in [-0.1, -0.05) is 32.1 Å². The summed E-state index contributed by atoms with van der Waals surface area (Å²) in [5, 5.41) is 0. The van der Waals surface area contributed by atoms with Crippen LogP contribution in [0, 0.1) is 11.8 Å². The fourth-order valence-corrected chi connectivity index (χ4v) is 2.78. The van der Waals surface area contributed by atoms with Gasteiger partial charge in [0.05, 0.1) is 0 Å². The van der Waals surface area contributed by atoms with Crippen LogP contribution in [0.5, 0.6) is 0 Å². The van der Waals surface area contributed by atoms with Crippen LogP contribution in [0.4, 0.5) is 0 Å². The van der Waals surface area contributed by atoms with Gasteiger partial charge in [-0.2, -0.15) is 0 Å². The Morgan fingerprint density at radius 1 is 0.846 bits per heavy atom. The van der Waals surface area contributed by atoms with E-state index in [9.17, 15) is 0 Å². The molecule has 1 atom stereocenters. The highest BCUT2D eigenvalue weighted by atomic mass is 14.7. The smallest absolute Gasteiger partial charge is 0.0391 e. The van der Waals surface area contributed by atoms with Crippen LogP contribution in [0.2, 0.25) is 0 Å². The van der Waals surface area contributed by atoms with E-state index in [0.717, 1.165) is 18.4 Å². The first-order valence-corrected chi connectivity index (χ1v) is 5.97. The molecular formula is C12H21N. The molecule has 1 unspecified atom stereocenters. The molecule has 0 aromatic rings. The topological polar surface area (TPSA) is 12.4 Å². The van der Waals surface area contributed by atoms with Crippen molar-refractivity contribution < 1.29 is 0 Å². The van der Waals surface area contributed by atoms with Crippen molar-refractivity contribution in [3.8, 4) is 0 Å². The summed E-state index contributed by atoms with van der Waals surface area (Å²) < 4.78 is 0. The Bertz CT molecular complexity index is 166.